The lowest BCUT2D eigenvalue weighted by atomic mass is 9.95. The molecule has 0 radical (unpaired) electrons. The van der Waals surface area contributed by atoms with E-state index in [2.05, 4.69) is 23.3 Å². The van der Waals surface area contributed by atoms with Gasteiger partial charge in [-0.25, -0.2) is 26.3 Å². The first-order chi connectivity index (χ1) is 16.5. The molecule has 0 aliphatic heterocycles. The first-order valence-electron chi connectivity index (χ1n) is 11.9. The van der Waals surface area contributed by atoms with E-state index in [1.165, 1.54) is 24.3 Å². The normalized spacial score (nSPS) is 12.5. The van der Waals surface area contributed by atoms with Gasteiger partial charge in [0.25, 0.3) is 0 Å². The molecule has 2 aromatic rings. The standard InChI is InChI=1S/C25H38N2O6S2/c1-5-7-17-32-21-9-13-23(14-10-21)34(28,29)26-19-25(3,4)20-27-35(30,31)24-15-11-22(12-16-24)33-18-8-6-2/h9-16,26-27H,5-8,17-20H2,1-4H3. The van der Waals surface area contributed by atoms with E-state index >= 15 is 0 Å². The number of nitrogens with one attached hydrogen (secondary N) is 2. The van der Waals surface area contributed by atoms with E-state index in [0.717, 1.165) is 25.7 Å². The van der Waals surface area contributed by atoms with Crippen LogP contribution in [0.3, 0.4) is 0 Å². The zero-order chi connectivity index (χ0) is 26.0. The van der Waals surface area contributed by atoms with Crippen molar-refractivity contribution in [1.29, 1.82) is 0 Å². The van der Waals surface area contributed by atoms with Crippen LogP contribution in [0, 0.1) is 5.41 Å². The van der Waals surface area contributed by atoms with E-state index < -0.39 is 25.5 Å². The van der Waals surface area contributed by atoms with Crippen LogP contribution in [0.15, 0.2) is 58.3 Å². The monoisotopic (exact) mass is 526 g/mol. The molecule has 0 aliphatic rings. The van der Waals surface area contributed by atoms with E-state index in [1.807, 2.05) is 0 Å². The maximum atomic E-state index is 12.7. The van der Waals surface area contributed by atoms with Gasteiger partial charge in [-0.3, -0.25) is 0 Å². The summed E-state index contributed by atoms with van der Waals surface area (Å²) in [6.07, 6.45) is 3.89. The number of hydrogen-bond donors (Lipinski definition) is 2. The molecule has 0 aliphatic carbocycles. The summed E-state index contributed by atoms with van der Waals surface area (Å²) >= 11 is 0. The number of hydrogen-bond acceptors (Lipinski definition) is 6. The molecule has 0 saturated carbocycles. The highest BCUT2D eigenvalue weighted by molar-refractivity contribution is 7.89. The van der Waals surface area contributed by atoms with Gasteiger partial charge < -0.3 is 9.47 Å². The van der Waals surface area contributed by atoms with E-state index in [1.54, 1.807) is 38.1 Å². The van der Waals surface area contributed by atoms with Crippen molar-refractivity contribution < 1.29 is 26.3 Å². The number of unbranched alkanes of at least 4 members (excludes halogenated alkanes) is 2. The number of rotatable bonds is 16. The molecule has 10 heteroatoms. The Morgan fingerprint density at radius 3 is 1.31 bits per heavy atom. The van der Waals surface area contributed by atoms with Gasteiger partial charge in [-0.15, -0.1) is 0 Å². The average Bonchev–Trinajstić information content (AvgIpc) is 2.83. The van der Waals surface area contributed by atoms with Crippen LogP contribution in [-0.4, -0.2) is 43.1 Å². The van der Waals surface area contributed by atoms with E-state index in [-0.39, 0.29) is 22.9 Å². The van der Waals surface area contributed by atoms with E-state index in [9.17, 15) is 16.8 Å². The fraction of sp³-hybridized carbons (Fsp3) is 0.520. The SMILES string of the molecule is CCCCOc1ccc(S(=O)(=O)NCC(C)(C)CNS(=O)(=O)c2ccc(OCCCC)cc2)cc1. The fourth-order valence-electron chi connectivity index (χ4n) is 2.91. The van der Waals surface area contributed by atoms with Crippen LogP contribution in [-0.2, 0) is 20.0 Å². The van der Waals surface area contributed by atoms with Gasteiger partial charge in [0.2, 0.25) is 20.0 Å². The molecule has 2 aromatic carbocycles. The Balaban J connectivity index is 1.91. The van der Waals surface area contributed by atoms with Gasteiger partial charge in [-0.2, -0.15) is 0 Å². The quantitative estimate of drug-likeness (QED) is 0.315. The Bertz CT molecular complexity index is 1020. The molecular weight excluding hydrogens is 488 g/mol. The molecule has 0 bridgehead atoms. The predicted octanol–water partition coefficient (Wildman–Crippen LogP) is 4.33. The average molecular weight is 527 g/mol. The first-order valence-corrected chi connectivity index (χ1v) is 14.9. The molecule has 2 N–H and O–H groups in total. The summed E-state index contributed by atoms with van der Waals surface area (Å²) in [4.78, 5) is 0.246. The van der Waals surface area contributed by atoms with Crippen molar-refractivity contribution in [3.63, 3.8) is 0 Å². The summed E-state index contributed by atoms with van der Waals surface area (Å²) in [5.74, 6) is 1.24. The topological polar surface area (TPSA) is 111 Å². The lowest BCUT2D eigenvalue weighted by Gasteiger charge is -2.25. The summed E-state index contributed by atoms with van der Waals surface area (Å²) in [7, 11) is -7.51. The maximum Gasteiger partial charge on any atom is 0.240 e. The smallest absolute Gasteiger partial charge is 0.240 e. The molecule has 0 spiro atoms. The Hall–Kier alpha value is -2.14. The largest absolute Gasteiger partial charge is 0.494 e. The molecule has 2 rings (SSSR count). The number of ether oxygens (including phenoxy) is 2. The maximum absolute atomic E-state index is 12.7. The lowest BCUT2D eigenvalue weighted by molar-refractivity contribution is 0.309. The summed E-state index contributed by atoms with van der Waals surface area (Å²) in [5, 5.41) is 0. The van der Waals surface area contributed by atoms with Crippen LogP contribution in [0.2, 0.25) is 0 Å². The van der Waals surface area contributed by atoms with Gasteiger partial charge in [0.05, 0.1) is 23.0 Å². The predicted molar refractivity (Wildman–Crippen MR) is 138 cm³/mol. The van der Waals surface area contributed by atoms with Crippen molar-refractivity contribution in [2.45, 2.75) is 63.2 Å². The summed E-state index contributed by atoms with van der Waals surface area (Å²) < 4.78 is 67.1. The first kappa shape index (κ1) is 29.1. The molecule has 0 aromatic heterocycles. The molecular formula is C25H38N2O6S2. The minimum absolute atomic E-state index is 0.0524. The van der Waals surface area contributed by atoms with Crippen molar-refractivity contribution in [1.82, 2.24) is 9.44 Å². The number of sulfonamides is 2. The zero-order valence-corrected chi connectivity index (χ0v) is 22.7. The van der Waals surface area contributed by atoms with Crippen LogP contribution in [0.1, 0.15) is 53.4 Å². The van der Waals surface area contributed by atoms with Crippen LogP contribution in [0.5, 0.6) is 11.5 Å². The van der Waals surface area contributed by atoms with Crippen molar-refractivity contribution in [2.75, 3.05) is 26.3 Å². The van der Waals surface area contributed by atoms with Gasteiger partial charge in [0.1, 0.15) is 11.5 Å². The van der Waals surface area contributed by atoms with E-state index in [4.69, 9.17) is 9.47 Å². The van der Waals surface area contributed by atoms with Crippen molar-refractivity contribution in [3.8, 4) is 11.5 Å². The zero-order valence-electron chi connectivity index (χ0n) is 21.0. The number of benzene rings is 2. The molecule has 35 heavy (non-hydrogen) atoms. The third kappa shape index (κ3) is 9.79. The van der Waals surface area contributed by atoms with Gasteiger partial charge in [-0.1, -0.05) is 40.5 Å². The second-order valence-corrected chi connectivity index (χ2v) is 12.7. The Morgan fingerprint density at radius 2 is 1.00 bits per heavy atom. The van der Waals surface area contributed by atoms with Crippen LogP contribution < -0.4 is 18.9 Å². The summed E-state index contributed by atoms with van der Waals surface area (Å²) in [6.45, 7) is 8.98. The molecule has 0 saturated heterocycles. The summed E-state index contributed by atoms with van der Waals surface area (Å²) in [5.41, 5.74) is -0.674. The summed E-state index contributed by atoms with van der Waals surface area (Å²) in [6, 6.07) is 12.5. The highest BCUT2D eigenvalue weighted by Gasteiger charge is 2.25. The van der Waals surface area contributed by atoms with Gasteiger partial charge in [0, 0.05) is 13.1 Å². The van der Waals surface area contributed by atoms with Crippen molar-refractivity contribution in [3.05, 3.63) is 48.5 Å². The molecule has 0 fully saturated rings. The fourth-order valence-corrected chi connectivity index (χ4v) is 5.39. The lowest BCUT2D eigenvalue weighted by Crippen LogP contribution is -2.42. The van der Waals surface area contributed by atoms with Crippen molar-refractivity contribution in [2.24, 2.45) is 5.41 Å². The van der Waals surface area contributed by atoms with E-state index in [0.29, 0.717) is 24.7 Å². The highest BCUT2D eigenvalue weighted by Crippen LogP contribution is 2.20. The Labute approximate surface area is 210 Å². The molecule has 0 unspecified atom stereocenters. The van der Waals surface area contributed by atoms with Crippen LogP contribution >= 0.6 is 0 Å². The second kappa shape index (κ2) is 13.2. The molecule has 8 nitrogen and oxygen atoms in total. The second-order valence-electron chi connectivity index (χ2n) is 9.16. The highest BCUT2D eigenvalue weighted by atomic mass is 32.2. The third-order valence-electron chi connectivity index (χ3n) is 5.28. The van der Waals surface area contributed by atoms with Gasteiger partial charge >= 0.3 is 0 Å². The van der Waals surface area contributed by atoms with Gasteiger partial charge in [0.15, 0.2) is 0 Å². The van der Waals surface area contributed by atoms with Gasteiger partial charge in [-0.05, 0) is 66.8 Å². The molecule has 0 amide bonds. The van der Waals surface area contributed by atoms with Crippen LogP contribution in [0.4, 0.5) is 0 Å². The molecule has 196 valence electrons. The Morgan fingerprint density at radius 1 is 0.657 bits per heavy atom. The minimum Gasteiger partial charge on any atom is -0.494 e. The minimum atomic E-state index is -3.75. The van der Waals surface area contributed by atoms with Crippen LogP contribution in [0.25, 0.3) is 0 Å². The molecule has 0 atom stereocenters. The van der Waals surface area contributed by atoms with Crippen molar-refractivity contribution >= 4 is 20.0 Å². The third-order valence-corrected chi connectivity index (χ3v) is 8.12. The Kier molecular flexibility index (Phi) is 11.0. The molecule has 0 heterocycles.